The second-order valence-corrected chi connectivity index (χ2v) is 8.68. The van der Waals surface area contributed by atoms with Crippen molar-refractivity contribution in [1.29, 1.82) is 0 Å². The van der Waals surface area contributed by atoms with Crippen LogP contribution in [0.15, 0.2) is 0 Å². The highest BCUT2D eigenvalue weighted by Crippen LogP contribution is 2.84. The van der Waals surface area contributed by atoms with Crippen LogP contribution < -0.4 is 0 Å². The lowest BCUT2D eigenvalue weighted by Crippen LogP contribution is -2.55. The summed E-state index contributed by atoms with van der Waals surface area (Å²) in [7, 11) is 0. The summed E-state index contributed by atoms with van der Waals surface area (Å²) < 4.78 is 0. The van der Waals surface area contributed by atoms with Gasteiger partial charge in [0.25, 0.3) is 0 Å². The highest BCUT2D eigenvalue weighted by atomic mass is 14.8. The molecule has 17 heavy (non-hydrogen) atoms. The van der Waals surface area contributed by atoms with Gasteiger partial charge in [-0.3, -0.25) is 0 Å². The van der Waals surface area contributed by atoms with Crippen molar-refractivity contribution < 1.29 is 0 Å². The number of fused-ring (bicyclic) bond motifs is 13. The maximum Gasteiger partial charge on any atom is -0.0235 e. The highest BCUT2D eigenvalue weighted by molar-refractivity contribution is 5.26. The van der Waals surface area contributed by atoms with Gasteiger partial charge in [-0.2, -0.15) is 0 Å². The third-order valence-electron chi connectivity index (χ3n) is 8.93. The Morgan fingerprint density at radius 3 is 2.24 bits per heavy atom. The molecule has 0 saturated heterocycles. The standard InChI is InChI=1S/C17H24/c1-8-13-11-7-12(16(13)17(8)4-5-17)15-10-3-2-9(6-10)14(11)15/h8-16H,2-7H2,1H3. The third kappa shape index (κ3) is 0.720. The van der Waals surface area contributed by atoms with Gasteiger partial charge in [-0.25, -0.2) is 0 Å². The SMILES string of the molecule is CC1C2C3CC(C4C5CCC(C5)C34)C2C12CC2. The molecular weight excluding hydrogens is 204 g/mol. The molecule has 0 radical (unpaired) electrons. The molecule has 6 aliphatic carbocycles. The van der Waals surface area contributed by atoms with Crippen LogP contribution >= 0.6 is 0 Å². The molecule has 6 aliphatic rings. The van der Waals surface area contributed by atoms with Gasteiger partial charge >= 0.3 is 0 Å². The molecule has 0 heterocycles. The van der Waals surface area contributed by atoms with Gasteiger partial charge in [-0.1, -0.05) is 6.92 Å². The van der Waals surface area contributed by atoms with Gasteiger partial charge in [0.1, 0.15) is 0 Å². The molecule has 9 atom stereocenters. The fourth-order valence-electron chi connectivity index (χ4n) is 8.62. The molecule has 0 amide bonds. The summed E-state index contributed by atoms with van der Waals surface area (Å²) in [6.45, 7) is 2.62. The average molecular weight is 228 g/mol. The van der Waals surface area contributed by atoms with Crippen LogP contribution in [0.2, 0.25) is 0 Å². The Kier molecular flexibility index (Phi) is 1.25. The van der Waals surface area contributed by atoms with Gasteiger partial charge in [-0.15, -0.1) is 0 Å². The maximum atomic E-state index is 2.62. The van der Waals surface area contributed by atoms with E-state index < -0.39 is 0 Å². The van der Waals surface area contributed by atoms with Crippen LogP contribution in [-0.2, 0) is 0 Å². The van der Waals surface area contributed by atoms with Crippen molar-refractivity contribution >= 4 is 0 Å². The molecule has 4 bridgehead atoms. The summed E-state index contributed by atoms with van der Waals surface area (Å²) in [5.74, 6) is 10.9. The van der Waals surface area contributed by atoms with Crippen LogP contribution in [0, 0.1) is 58.7 Å². The summed E-state index contributed by atoms with van der Waals surface area (Å²) in [4.78, 5) is 0. The minimum absolute atomic E-state index is 0.927. The van der Waals surface area contributed by atoms with Crippen LogP contribution in [0.5, 0.6) is 0 Å². The predicted octanol–water partition coefficient (Wildman–Crippen LogP) is 3.96. The first-order valence-corrected chi connectivity index (χ1v) is 8.31. The maximum absolute atomic E-state index is 2.62. The minimum atomic E-state index is 0.927. The summed E-state index contributed by atoms with van der Waals surface area (Å²) >= 11 is 0. The second kappa shape index (κ2) is 2.37. The lowest BCUT2D eigenvalue weighted by atomic mass is 9.46. The van der Waals surface area contributed by atoms with Gasteiger partial charge in [-0.05, 0) is 97.2 Å². The van der Waals surface area contributed by atoms with Gasteiger partial charge < -0.3 is 0 Å². The predicted molar refractivity (Wildman–Crippen MR) is 67.2 cm³/mol. The summed E-state index contributed by atoms with van der Waals surface area (Å²) in [6, 6.07) is 0. The van der Waals surface area contributed by atoms with E-state index in [2.05, 4.69) is 6.92 Å². The Balaban J connectivity index is 1.46. The van der Waals surface area contributed by atoms with Crippen LogP contribution in [0.25, 0.3) is 0 Å². The van der Waals surface area contributed by atoms with Crippen molar-refractivity contribution in [2.45, 2.75) is 45.4 Å². The molecule has 0 N–H and O–H groups in total. The van der Waals surface area contributed by atoms with Gasteiger partial charge in [0.15, 0.2) is 0 Å². The highest BCUT2D eigenvalue weighted by Gasteiger charge is 2.78. The molecule has 0 aromatic rings. The Labute approximate surface area is 105 Å². The van der Waals surface area contributed by atoms with Crippen LogP contribution in [0.3, 0.4) is 0 Å². The van der Waals surface area contributed by atoms with E-state index in [-0.39, 0.29) is 0 Å². The van der Waals surface area contributed by atoms with Crippen molar-refractivity contribution in [2.24, 2.45) is 58.7 Å². The van der Waals surface area contributed by atoms with Gasteiger partial charge in [0.2, 0.25) is 0 Å². The van der Waals surface area contributed by atoms with E-state index in [1.54, 1.807) is 38.5 Å². The van der Waals surface area contributed by atoms with Gasteiger partial charge in [0.05, 0.1) is 0 Å². The molecule has 1 spiro atoms. The number of rotatable bonds is 0. The van der Waals surface area contributed by atoms with Crippen LogP contribution in [0.4, 0.5) is 0 Å². The van der Waals surface area contributed by atoms with E-state index in [1.165, 1.54) is 47.3 Å². The molecule has 6 saturated carbocycles. The number of hydrogen-bond donors (Lipinski definition) is 0. The number of hydrogen-bond acceptors (Lipinski definition) is 0. The van der Waals surface area contributed by atoms with Crippen molar-refractivity contribution in [3.63, 3.8) is 0 Å². The Morgan fingerprint density at radius 1 is 0.824 bits per heavy atom. The third-order valence-corrected chi connectivity index (χ3v) is 8.93. The zero-order valence-corrected chi connectivity index (χ0v) is 10.9. The quantitative estimate of drug-likeness (QED) is 0.551. The van der Waals surface area contributed by atoms with E-state index in [0.29, 0.717) is 0 Å². The smallest absolute Gasteiger partial charge is 0.0235 e. The first-order valence-electron chi connectivity index (χ1n) is 8.31. The van der Waals surface area contributed by atoms with E-state index in [0.717, 1.165) is 11.3 Å². The monoisotopic (exact) mass is 228 g/mol. The van der Waals surface area contributed by atoms with Crippen LogP contribution in [0.1, 0.15) is 45.4 Å². The first kappa shape index (κ1) is 8.99. The summed E-state index contributed by atoms with van der Waals surface area (Å²) in [5, 5.41) is 0. The fraction of sp³-hybridized carbons (Fsp3) is 1.00. The van der Waals surface area contributed by atoms with E-state index in [4.69, 9.17) is 0 Å². The van der Waals surface area contributed by atoms with Crippen molar-refractivity contribution in [3.8, 4) is 0 Å². The molecule has 6 rings (SSSR count). The Morgan fingerprint density at radius 2 is 1.53 bits per heavy atom. The first-order chi connectivity index (χ1) is 8.31. The summed E-state index contributed by atoms with van der Waals surface area (Å²) in [5.41, 5.74) is 0.927. The molecule has 92 valence electrons. The topological polar surface area (TPSA) is 0 Å². The molecule has 6 fully saturated rings. The Hall–Kier alpha value is 0. The van der Waals surface area contributed by atoms with Crippen molar-refractivity contribution in [2.75, 3.05) is 0 Å². The second-order valence-electron chi connectivity index (χ2n) is 8.68. The fourth-order valence-corrected chi connectivity index (χ4v) is 8.62. The summed E-state index contributed by atoms with van der Waals surface area (Å²) in [6.07, 6.45) is 9.81. The van der Waals surface area contributed by atoms with Crippen molar-refractivity contribution in [3.05, 3.63) is 0 Å². The largest absolute Gasteiger partial charge is 0.0617 e. The zero-order chi connectivity index (χ0) is 10.9. The lowest BCUT2D eigenvalue weighted by Gasteiger charge is -2.59. The molecule has 0 aliphatic heterocycles. The molecular formula is C17H24. The van der Waals surface area contributed by atoms with Crippen LogP contribution in [-0.4, -0.2) is 0 Å². The minimum Gasteiger partial charge on any atom is -0.0617 e. The normalized spacial score (nSPS) is 71.5. The molecule has 9 unspecified atom stereocenters. The van der Waals surface area contributed by atoms with E-state index in [1.807, 2.05) is 0 Å². The van der Waals surface area contributed by atoms with E-state index in [9.17, 15) is 0 Å². The van der Waals surface area contributed by atoms with Gasteiger partial charge in [0, 0.05) is 0 Å². The average Bonchev–Trinajstić information content (AvgIpc) is 2.75. The molecule has 0 aromatic heterocycles. The molecule has 0 heteroatoms. The lowest BCUT2D eigenvalue weighted by molar-refractivity contribution is -0.118. The Bertz CT molecular complexity index is 404. The van der Waals surface area contributed by atoms with Crippen molar-refractivity contribution in [1.82, 2.24) is 0 Å². The molecule has 0 nitrogen and oxygen atoms in total. The van der Waals surface area contributed by atoms with E-state index >= 15 is 0 Å². The molecule has 0 aromatic carbocycles. The zero-order valence-electron chi connectivity index (χ0n) is 10.9.